The number of rotatable bonds is 4. The highest BCUT2D eigenvalue weighted by Crippen LogP contribution is 2.19. The molecule has 0 unspecified atom stereocenters. The molecule has 0 saturated heterocycles. The van der Waals surface area contributed by atoms with Gasteiger partial charge in [0.25, 0.3) is 10.1 Å². The average Bonchev–Trinajstić information content (AvgIpc) is 2.12. The lowest BCUT2D eigenvalue weighted by Crippen LogP contribution is -2.05. The van der Waals surface area contributed by atoms with Crippen molar-refractivity contribution in [1.29, 1.82) is 0 Å². The van der Waals surface area contributed by atoms with Gasteiger partial charge in [-0.3, -0.25) is 4.55 Å². The summed E-state index contributed by atoms with van der Waals surface area (Å²) in [5, 5.41) is 0. The normalized spacial score (nSPS) is 11.6. The number of nitrogens with two attached hydrogens (primary N) is 2. The van der Waals surface area contributed by atoms with E-state index in [1.54, 1.807) is 12.1 Å². The topological polar surface area (TPSA) is 106 Å². The van der Waals surface area contributed by atoms with Crippen molar-refractivity contribution in [3.8, 4) is 0 Å². The van der Waals surface area contributed by atoms with Crippen LogP contribution in [0, 0.1) is 0 Å². The standard InChI is InChI=1S/C9H14N2O3S/c10-5-1-2-7-3-4-9(8(11)6-7)15(12,13)14/h3-4,6H,1-2,5,10-11H2,(H,12,13,14). The molecule has 15 heavy (non-hydrogen) atoms. The van der Waals surface area contributed by atoms with Gasteiger partial charge in [0.2, 0.25) is 0 Å². The Balaban J connectivity index is 2.99. The summed E-state index contributed by atoms with van der Waals surface area (Å²) < 4.78 is 30.5. The van der Waals surface area contributed by atoms with Gasteiger partial charge in [0.05, 0.1) is 5.69 Å². The van der Waals surface area contributed by atoms with Gasteiger partial charge in [-0.2, -0.15) is 8.42 Å². The largest absolute Gasteiger partial charge is 0.398 e. The highest BCUT2D eigenvalue weighted by Gasteiger charge is 2.13. The number of benzene rings is 1. The van der Waals surface area contributed by atoms with E-state index in [-0.39, 0.29) is 10.6 Å². The number of hydrogen-bond acceptors (Lipinski definition) is 4. The summed E-state index contributed by atoms with van der Waals surface area (Å²) in [6, 6.07) is 4.46. The summed E-state index contributed by atoms with van der Waals surface area (Å²) in [6.07, 6.45) is 1.55. The minimum absolute atomic E-state index is 0.0621. The fraction of sp³-hybridized carbons (Fsp3) is 0.333. The van der Waals surface area contributed by atoms with Gasteiger partial charge in [0.1, 0.15) is 4.90 Å². The molecular formula is C9H14N2O3S. The first-order valence-corrected chi connectivity index (χ1v) is 5.95. The molecule has 0 heterocycles. The van der Waals surface area contributed by atoms with Crippen molar-refractivity contribution in [3.63, 3.8) is 0 Å². The first-order chi connectivity index (χ1) is 6.95. The van der Waals surface area contributed by atoms with Crippen molar-refractivity contribution < 1.29 is 13.0 Å². The Morgan fingerprint density at radius 3 is 2.47 bits per heavy atom. The molecule has 0 fully saturated rings. The Morgan fingerprint density at radius 2 is 2.00 bits per heavy atom. The van der Waals surface area contributed by atoms with E-state index in [0.29, 0.717) is 6.54 Å². The highest BCUT2D eigenvalue weighted by atomic mass is 32.2. The zero-order valence-corrected chi connectivity index (χ0v) is 9.00. The maximum Gasteiger partial charge on any atom is 0.296 e. The van der Waals surface area contributed by atoms with Crippen LogP contribution in [0.5, 0.6) is 0 Å². The van der Waals surface area contributed by atoms with Crippen LogP contribution in [0.1, 0.15) is 12.0 Å². The molecule has 0 aliphatic carbocycles. The van der Waals surface area contributed by atoms with E-state index in [9.17, 15) is 8.42 Å². The van der Waals surface area contributed by atoms with E-state index in [2.05, 4.69) is 0 Å². The molecule has 1 aromatic carbocycles. The van der Waals surface area contributed by atoms with Crippen LogP contribution in [0.4, 0.5) is 5.69 Å². The van der Waals surface area contributed by atoms with E-state index < -0.39 is 10.1 Å². The first-order valence-electron chi connectivity index (χ1n) is 4.51. The van der Waals surface area contributed by atoms with E-state index in [0.717, 1.165) is 18.4 Å². The van der Waals surface area contributed by atoms with Gasteiger partial charge in [-0.05, 0) is 37.1 Å². The fourth-order valence-corrected chi connectivity index (χ4v) is 1.89. The van der Waals surface area contributed by atoms with Crippen molar-refractivity contribution in [2.45, 2.75) is 17.7 Å². The Morgan fingerprint density at radius 1 is 1.33 bits per heavy atom. The van der Waals surface area contributed by atoms with E-state index >= 15 is 0 Å². The third-order valence-electron chi connectivity index (χ3n) is 2.02. The summed E-state index contributed by atoms with van der Waals surface area (Å²) >= 11 is 0. The van der Waals surface area contributed by atoms with Crippen LogP contribution in [0.2, 0.25) is 0 Å². The fourth-order valence-electron chi connectivity index (χ4n) is 1.29. The number of hydrogen-bond donors (Lipinski definition) is 3. The molecule has 1 rings (SSSR count). The van der Waals surface area contributed by atoms with E-state index in [1.165, 1.54) is 6.07 Å². The lowest BCUT2D eigenvalue weighted by molar-refractivity contribution is 0.483. The van der Waals surface area contributed by atoms with Gasteiger partial charge in [-0.15, -0.1) is 0 Å². The van der Waals surface area contributed by atoms with Crippen molar-refractivity contribution in [1.82, 2.24) is 0 Å². The van der Waals surface area contributed by atoms with Crippen molar-refractivity contribution in [2.24, 2.45) is 5.73 Å². The number of nitrogen functional groups attached to an aromatic ring is 1. The Bertz CT molecular complexity index is 443. The zero-order valence-electron chi connectivity index (χ0n) is 8.18. The van der Waals surface area contributed by atoms with Crippen LogP contribution in [-0.2, 0) is 16.5 Å². The predicted octanol–water partition coefficient (Wildman–Crippen LogP) is 0.407. The van der Waals surface area contributed by atoms with Gasteiger partial charge in [-0.25, -0.2) is 0 Å². The van der Waals surface area contributed by atoms with E-state index in [4.69, 9.17) is 16.0 Å². The van der Waals surface area contributed by atoms with Gasteiger partial charge in [-0.1, -0.05) is 6.07 Å². The molecule has 0 aromatic heterocycles. The molecule has 0 amide bonds. The highest BCUT2D eigenvalue weighted by molar-refractivity contribution is 7.86. The molecule has 1 aromatic rings. The Kier molecular flexibility index (Phi) is 3.67. The van der Waals surface area contributed by atoms with Gasteiger partial charge >= 0.3 is 0 Å². The van der Waals surface area contributed by atoms with Crippen LogP contribution >= 0.6 is 0 Å². The second-order valence-corrected chi connectivity index (χ2v) is 4.63. The first kappa shape index (κ1) is 12.0. The average molecular weight is 230 g/mol. The van der Waals surface area contributed by atoms with Crippen LogP contribution < -0.4 is 11.5 Å². The third-order valence-corrected chi connectivity index (χ3v) is 2.95. The van der Waals surface area contributed by atoms with Crippen LogP contribution in [0.25, 0.3) is 0 Å². The molecule has 5 nitrogen and oxygen atoms in total. The molecule has 0 saturated carbocycles. The molecule has 6 heteroatoms. The van der Waals surface area contributed by atoms with Crippen LogP contribution in [0.3, 0.4) is 0 Å². The molecule has 0 bridgehead atoms. The second-order valence-electron chi connectivity index (χ2n) is 3.24. The third kappa shape index (κ3) is 3.19. The molecule has 84 valence electrons. The lowest BCUT2D eigenvalue weighted by atomic mass is 10.1. The maximum atomic E-state index is 10.8. The molecule has 5 N–H and O–H groups in total. The molecular weight excluding hydrogens is 216 g/mol. The number of aryl methyl sites for hydroxylation is 1. The summed E-state index contributed by atoms with van der Waals surface area (Å²) in [7, 11) is -4.22. The SMILES string of the molecule is NCCCc1ccc(S(=O)(=O)O)c(N)c1. The minimum Gasteiger partial charge on any atom is -0.398 e. The summed E-state index contributed by atoms with van der Waals surface area (Å²) in [5.41, 5.74) is 11.8. The Labute approximate surface area is 88.8 Å². The summed E-state index contributed by atoms with van der Waals surface area (Å²) in [5.74, 6) is 0. The predicted molar refractivity (Wildman–Crippen MR) is 58.0 cm³/mol. The van der Waals surface area contributed by atoms with Crippen molar-refractivity contribution in [3.05, 3.63) is 23.8 Å². The Hall–Kier alpha value is -1.11. The van der Waals surface area contributed by atoms with Gasteiger partial charge < -0.3 is 11.5 Å². The van der Waals surface area contributed by atoms with E-state index in [1.807, 2.05) is 0 Å². The van der Waals surface area contributed by atoms with Crippen molar-refractivity contribution in [2.75, 3.05) is 12.3 Å². The molecule has 0 atom stereocenters. The molecule has 0 radical (unpaired) electrons. The van der Waals surface area contributed by atoms with Crippen molar-refractivity contribution >= 4 is 15.8 Å². The van der Waals surface area contributed by atoms with Gasteiger partial charge in [0.15, 0.2) is 0 Å². The quantitative estimate of drug-likeness (QED) is 0.513. The second kappa shape index (κ2) is 4.61. The monoisotopic (exact) mass is 230 g/mol. The smallest absolute Gasteiger partial charge is 0.296 e. The minimum atomic E-state index is -4.22. The summed E-state index contributed by atoms with van der Waals surface area (Å²) in [6.45, 7) is 0.569. The summed E-state index contributed by atoms with van der Waals surface area (Å²) in [4.78, 5) is -0.251. The van der Waals surface area contributed by atoms with Crippen LogP contribution in [-0.4, -0.2) is 19.5 Å². The molecule has 0 aliphatic heterocycles. The number of anilines is 1. The molecule has 0 aliphatic rings. The van der Waals surface area contributed by atoms with Crippen LogP contribution in [0.15, 0.2) is 23.1 Å². The lowest BCUT2D eigenvalue weighted by Gasteiger charge is -2.05. The maximum absolute atomic E-state index is 10.8. The van der Waals surface area contributed by atoms with Gasteiger partial charge in [0, 0.05) is 0 Å². The zero-order chi connectivity index (χ0) is 11.5. The molecule has 0 spiro atoms.